The number of amides is 1. The minimum absolute atomic E-state index is 0.0803. The molecule has 6 heteroatoms. The second-order valence-corrected chi connectivity index (χ2v) is 5.80. The van der Waals surface area contributed by atoms with Crippen LogP contribution in [0.3, 0.4) is 0 Å². The smallest absolute Gasteiger partial charge is 0.262 e. The molecule has 0 saturated carbocycles. The number of carbonyl (C=O) groups is 1. The molecule has 0 saturated heterocycles. The minimum Gasteiger partial charge on any atom is -0.346 e. The average molecular weight is 342 g/mol. The molecule has 24 heavy (non-hydrogen) atoms. The fourth-order valence-electron chi connectivity index (χ4n) is 2.68. The van der Waals surface area contributed by atoms with Crippen LogP contribution in [0.5, 0.6) is 0 Å². The fourth-order valence-corrected chi connectivity index (χ4v) is 2.84. The predicted molar refractivity (Wildman–Crippen MR) is 95.8 cm³/mol. The van der Waals surface area contributed by atoms with Crippen LogP contribution in [-0.2, 0) is 6.54 Å². The van der Waals surface area contributed by atoms with Gasteiger partial charge in [-0.1, -0.05) is 17.7 Å². The molecule has 3 rings (SSSR count). The molecule has 0 radical (unpaired) electrons. The minimum atomic E-state index is -0.476. The van der Waals surface area contributed by atoms with Gasteiger partial charge in [0.2, 0.25) is 5.43 Å². The molecule has 3 aromatic rings. The molecule has 0 aliphatic carbocycles. The van der Waals surface area contributed by atoms with Crippen LogP contribution in [-0.4, -0.2) is 15.5 Å². The summed E-state index contributed by atoms with van der Waals surface area (Å²) < 4.78 is 1.87. The van der Waals surface area contributed by atoms with E-state index in [0.29, 0.717) is 22.8 Å². The lowest BCUT2D eigenvalue weighted by Crippen LogP contribution is -2.24. The Labute approximate surface area is 143 Å². The number of pyridine rings is 2. The van der Waals surface area contributed by atoms with Crippen LogP contribution in [0.15, 0.2) is 47.5 Å². The van der Waals surface area contributed by atoms with Gasteiger partial charge in [-0.15, -0.1) is 0 Å². The Morgan fingerprint density at radius 1 is 1.29 bits per heavy atom. The molecule has 5 nitrogen and oxygen atoms in total. The summed E-state index contributed by atoms with van der Waals surface area (Å²) >= 11 is 6.18. The molecule has 2 aromatic heterocycles. The number of nitrogens with one attached hydrogen (secondary N) is 1. The van der Waals surface area contributed by atoms with Crippen molar-refractivity contribution >= 4 is 34.2 Å². The molecule has 0 bridgehead atoms. The van der Waals surface area contributed by atoms with Gasteiger partial charge in [-0.25, -0.2) is 4.98 Å². The van der Waals surface area contributed by atoms with Gasteiger partial charge in [-0.2, -0.15) is 0 Å². The van der Waals surface area contributed by atoms with Crippen molar-refractivity contribution in [2.45, 2.75) is 20.4 Å². The van der Waals surface area contributed by atoms with Crippen molar-refractivity contribution in [3.8, 4) is 0 Å². The lowest BCUT2D eigenvalue weighted by Gasteiger charge is -2.14. The molecule has 1 N–H and O–H groups in total. The maximum absolute atomic E-state index is 12.8. The Kier molecular flexibility index (Phi) is 4.36. The summed E-state index contributed by atoms with van der Waals surface area (Å²) in [5, 5.41) is 3.72. The highest BCUT2D eigenvalue weighted by Gasteiger charge is 2.17. The molecule has 0 aliphatic heterocycles. The van der Waals surface area contributed by atoms with Gasteiger partial charge in [-0.05, 0) is 43.7 Å². The second kappa shape index (κ2) is 6.45. The van der Waals surface area contributed by atoms with Crippen LogP contribution in [0.4, 0.5) is 5.82 Å². The zero-order valence-electron chi connectivity index (χ0n) is 13.3. The topological polar surface area (TPSA) is 64.0 Å². The van der Waals surface area contributed by atoms with Crippen LogP contribution in [0.2, 0.25) is 5.02 Å². The highest BCUT2D eigenvalue weighted by atomic mass is 35.5. The molecule has 0 fully saturated rings. The monoisotopic (exact) mass is 341 g/mol. The van der Waals surface area contributed by atoms with Gasteiger partial charge in [0.05, 0.1) is 5.52 Å². The molecule has 0 aliphatic rings. The van der Waals surface area contributed by atoms with E-state index in [1.54, 1.807) is 42.7 Å². The molecule has 122 valence electrons. The van der Waals surface area contributed by atoms with Crippen LogP contribution in [0, 0.1) is 6.92 Å². The number of anilines is 1. The first kappa shape index (κ1) is 16.2. The summed E-state index contributed by atoms with van der Waals surface area (Å²) in [4.78, 5) is 29.3. The zero-order chi connectivity index (χ0) is 17.3. The van der Waals surface area contributed by atoms with E-state index in [1.807, 2.05) is 18.4 Å². The van der Waals surface area contributed by atoms with Gasteiger partial charge in [0.15, 0.2) is 0 Å². The molecule has 2 heterocycles. The number of aromatic nitrogens is 2. The number of benzene rings is 1. The van der Waals surface area contributed by atoms with Crippen molar-refractivity contribution in [3.63, 3.8) is 0 Å². The Hall–Kier alpha value is -2.66. The summed E-state index contributed by atoms with van der Waals surface area (Å²) in [6.07, 6.45) is 3.15. The van der Waals surface area contributed by atoms with Crippen molar-refractivity contribution in [2.24, 2.45) is 0 Å². The maximum atomic E-state index is 12.8. The normalized spacial score (nSPS) is 10.8. The number of rotatable bonds is 3. The van der Waals surface area contributed by atoms with Crippen LogP contribution in [0.1, 0.15) is 22.8 Å². The number of hydrogen-bond acceptors (Lipinski definition) is 3. The molecule has 0 spiro atoms. The standard InChI is InChI=1S/C18H16ClN3O2/c1-3-22-10-13(18(24)21-15-6-4-5-9-20-15)17(23)12-7-8-14(19)11(2)16(12)22/h4-10H,3H2,1-2H3,(H,20,21,24). The number of carbonyl (C=O) groups excluding carboxylic acids is 1. The first-order chi connectivity index (χ1) is 11.5. The van der Waals surface area contributed by atoms with Crippen molar-refractivity contribution < 1.29 is 4.79 Å². The van der Waals surface area contributed by atoms with E-state index in [0.717, 1.165) is 11.1 Å². The Morgan fingerprint density at radius 2 is 2.08 bits per heavy atom. The number of fused-ring (bicyclic) bond motifs is 1. The fraction of sp³-hybridized carbons (Fsp3) is 0.167. The second-order valence-electron chi connectivity index (χ2n) is 5.40. The molecule has 1 aromatic carbocycles. The summed E-state index contributed by atoms with van der Waals surface area (Å²) in [5.74, 6) is -0.0762. The Balaban J connectivity index is 2.16. The average Bonchev–Trinajstić information content (AvgIpc) is 2.59. The lowest BCUT2D eigenvalue weighted by molar-refractivity contribution is 0.102. The summed E-state index contributed by atoms with van der Waals surface area (Å²) in [7, 11) is 0. The van der Waals surface area contributed by atoms with E-state index in [1.165, 1.54) is 0 Å². The third kappa shape index (κ3) is 2.78. The first-order valence-corrected chi connectivity index (χ1v) is 7.95. The van der Waals surface area contributed by atoms with E-state index < -0.39 is 5.91 Å². The number of nitrogens with zero attached hydrogens (tertiary/aromatic N) is 2. The van der Waals surface area contributed by atoms with Crippen molar-refractivity contribution in [3.05, 3.63) is 69.1 Å². The van der Waals surface area contributed by atoms with Gasteiger partial charge in [0.25, 0.3) is 5.91 Å². The first-order valence-electron chi connectivity index (χ1n) is 7.57. The van der Waals surface area contributed by atoms with Crippen molar-refractivity contribution in [2.75, 3.05) is 5.32 Å². The molecular weight excluding hydrogens is 326 g/mol. The van der Waals surface area contributed by atoms with Crippen LogP contribution >= 0.6 is 11.6 Å². The lowest BCUT2D eigenvalue weighted by atomic mass is 10.1. The SMILES string of the molecule is CCn1cc(C(=O)Nc2ccccn2)c(=O)c2ccc(Cl)c(C)c21. The van der Waals surface area contributed by atoms with E-state index in [-0.39, 0.29) is 11.0 Å². The van der Waals surface area contributed by atoms with Gasteiger partial charge < -0.3 is 9.88 Å². The quantitative estimate of drug-likeness (QED) is 0.791. The highest BCUT2D eigenvalue weighted by molar-refractivity contribution is 6.32. The Morgan fingerprint density at radius 3 is 2.75 bits per heavy atom. The zero-order valence-corrected chi connectivity index (χ0v) is 14.1. The van der Waals surface area contributed by atoms with E-state index in [4.69, 9.17) is 11.6 Å². The molecule has 0 atom stereocenters. The van der Waals surface area contributed by atoms with Crippen LogP contribution in [0.25, 0.3) is 10.9 Å². The highest BCUT2D eigenvalue weighted by Crippen LogP contribution is 2.24. The molecule has 0 unspecified atom stereocenters. The number of halogens is 1. The van der Waals surface area contributed by atoms with Gasteiger partial charge in [-0.3, -0.25) is 9.59 Å². The van der Waals surface area contributed by atoms with Gasteiger partial charge >= 0.3 is 0 Å². The van der Waals surface area contributed by atoms with Crippen molar-refractivity contribution in [1.82, 2.24) is 9.55 Å². The van der Waals surface area contributed by atoms with Crippen molar-refractivity contribution in [1.29, 1.82) is 0 Å². The molecule has 1 amide bonds. The summed E-state index contributed by atoms with van der Waals surface area (Å²) in [5.41, 5.74) is 1.34. The third-order valence-electron chi connectivity index (χ3n) is 3.92. The number of hydrogen-bond donors (Lipinski definition) is 1. The largest absolute Gasteiger partial charge is 0.346 e. The van der Waals surface area contributed by atoms with Gasteiger partial charge in [0.1, 0.15) is 11.4 Å². The summed E-state index contributed by atoms with van der Waals surface area (Å²) in [6, 6.07) is 8.53. The number of aryl methyl sites for hydroxylation is 2. The molecular formula is C18H16ClN3O2. The van der Waals surface area contributed by atoms with E-state index in [2.05, 4.69) is 10.3 Å². The summed E-state index contributed by atoms with van der Waals surface area (Å²) in [6.45, 7) is 4.43. The van der Waals surface area contributed by atoms with Gasteiger partial charge in [0, 0.05) is 29.3 Å². The maximum Gasteiger partial charge on any atom is 0.262 e. The Bertz CT molecular complexity index is 981. The predicted octanol–water partition coefficient (Wildman–Crippen LogP) is 3.63. The van der Waals surface area contributed by atoms with E-state index >= 15 is 0 Å². The van der Waals surface area contributed by atoms with E-state index in [9.17, 15) is 9.59 Å². The van der Waals surface area contributed by atoms with Crippen LogP contribution < -0.4 is 10.7 Å². The third-order valence-corrected chi connectivity index (χ3v) is 4.33.